The van der Waals surface area contributed by atoms with Crippen molar-refractivity contribution in [2.24, 2.45) is 0 Å². The van der Waals surface area contributed by atoms with Gasteiger partial charge in [-0.25, -0.2) is 8.42 Å². The molecule has 26 heavy (non-hydrogen) atoms. The molecule has 0 spiro atoms. The molecule has 6 heteroatoms. The summed E-state index contributed by atoms with van der Waals surface area (Å²) in [6, 6.07) is 16.9. The highest BCUT2D eigenvalue weighted by Gasteiger charge is 2.28. The van der Waals surface area contributed by atoms with Crippen molar-refractivity contribution < 1.29 is 13.2 Å². The molecule has 0 bridgehead atoms. The third kappa shape index (κ3) is 4.31. The number of amides is 1. The highest BCUT2D eigenvalue weighted by atomic mass is 32.2. The fourth-order valence-corrected chi connectivity index (χ4v) is 4.00. The van der Waals surface area contributed by atoms with E-state index in [4.69, 9.17) is 0 Å². The molecule has 1 aliphatic heterocycles. The lowest BCUT2D eigenvalue weighted by Crippen LogP contribution is -2.37. The molecule has 138 valence electrons. The predicted molar refractivity (Wildman–Crippen MR) is 102 cm³/mol. The SMILES string of the molecule is CC(c1ccccc1)N1CCC(NC(=O)c2cccc(S(C)(=O)=O)c2)C1. The molecule has 1 amide bonds. The zero-order valence-electron chi connectivity index (χ0n) is 15.1. The Kier molecular flexibility index (Phi) is 5.44. The Morgan fingerprint density at radius 2 is 1.88 bits per heavy atom. The van der Waals surface area contributed by atoms with Crippen LogP contribution in [0.2, 0.25) is 0 Å². The summed E-state index contributed by atoms with van der Waals surface area (Å²) in [4.78, 5) is 15.0. The van der Waals surface area contributed by atoms with Crippen LogP contribution in [0.25, 0.3) is 0 Å². The minimum atomic E-state index is -3.32. The average Bonchev–Trinajstić information content (AvgIpc) is 3.09. The Balaban J connectivity index is 1.63. The number of carbonyl (C=O) groups excluding carboxylic acids is 1. The van der Waals surface area contributed by atoms with Crippen molar-refractivity contribution in [1.82, 2.24) is 10.2 Å². The van der Waals surface area contributed by atoms with Gasteiger partial charge in [0.15, 0.2) is 9.84 Å². The number of hydrogen-bond acceptors (Lipinski definition) is 4. The molecule has 0 aromatic heterocycles. The average molecular weight is 372 g/mol. The minimum absolute atomic E-state index is 0.0653. The van der Waals surface area contributed by atoms with Crippen LogP contribution in [0.1, 0.15) is 35.3 Å². The molecule has 1 N–H and O–H groups in total. The van der Waals surface area contributed by atoms with E-state index in [1.54, 1.807) is 12.1 Å². The maximum atomic E-state index is 12.5. The van der Waals surface area contributed by atoms with Crippen molar-refractivity contribution in [2.45, 2.75) is 30.3 Å². The van der Waals surface area contributed by atoms with Gasteiger partial charge in [-0.05, 0) is 37.1 Å². The highest BCUT2D eigenvalue weighted by Crippen LogP contribution is 2.24. The summed E-state index contributed by atoms with van der Waals surface area (Å²) in [5, 5.41) is 3.03. The second kappa shape index (κ2) is 7.60. The van der Waals surface area contributed by atoms with Crippen LogP contribution in [-0.2, 0) is 9.84 Å². The van der Waals surface area contributed by atoms with E-state index in [0.717, 1.165) is 25.8 Å². The van der Waals surface area contributed by atoms with Gasteiger partial charge in [0.1, 0.15) is 0 Å². The number of hydrogen-bond donors (Lipinski definition) is 1. The molecule has 2 atom stereocenters. The molecule has 2 aromatic rings. The molecule has 1 aliphatic rings. The van der Waals surface area contributed by atoms with Gasteiger partial charge >= 0.3 is 0 Å². The molecule has 3 rings (SSSR count). The maximum absolute atomic E-state index is 12.5. The fourth-order valence-electron chi connectivity index (χ4n) is 3.34. The molecule has 0 aliphatic carbocycles. The first-order chi connectivity index (χ1) is 12.3. The van der Waals surface area contributed by atoms with Gasteiger partial charge in [-0.15, -0.1) is 0 Å². The molecule has 1 fully saturated rings. The smallest absolute Gasteiger partial charge is 0.251 e. The molecule has 0 saturated carbocycles. The number of benzene rings is 2. The largest absolute Gasteiger partial charge is 0.348 e. The predicted octanol–water partition coefficient (Wildman–Crippen LogP) is 2.66. The van der Waals surface area contributed by atoms with Crippen LogP contribution >= 0.6 is 0 Å². The molecule has 2 aromatic carbocycles. The van der Waals surface area contributed by atoms with Crippen LogP contribution in [0.4, 0.5) is 0 Å². The fraction of sp³-hybridized carbons (Fsp3) is 0.350. The first-order valence-electron chi connectivity index (χ1n) is 8.74. The van der Waals surface area contributed by atoms with E-state index in [-0.39, 0.29) is 16.8 Å². The van der Waals surface area contributed by atoms with Crippen molar-refractivity contribution in [2.75, 3.05) is 19.3 Å². The summed E-state index contributed by atoms with van der Waals surface area (Å²) in [6.45, 7) is 3.88. The molecule has 1 saturated heterocycles. The lowest BCUT2D eigenvalue weighted by atomic mass is 10.1. The number of nitrogens with one attached hydrogen (secondary N) is 1. The normalized spacial score (nSPS) is 19.2. The van der Waals surface area contributed by atoms with E-state index in [1.807, 2.05) is 18.2 Å². The van der Waals surface area contributed by atoms with Gasteiger partial charge < -0.3 is 5.32 Å². The van der Waals surface area contributed by atoms with Gasteiger partial charge in [0.05, 0.1) is 4.90 Å². The van der Waals surface area contributed by atoms with E-state index < -0.39 is 9.84 Å². The third-order valence-electron chi connectivity index (χ3n) is 4.91. The summed E-state index contributed by atoms with van der Waals surface area (Å²) in [5.41, 5.74) is 1.64. The molecule has 5 nitrogen and oxygen atoms in total. The topological polar surface area (TPSA) is 66.5 Å². The standard InChI is InChI=1S/C20H24N2O3S/c1-15(16-7-4-3-5-8-16)22-12-11-18(14-22)21-20(23)17-9-6-10-19(13-17)26(2,24)25/h3-10,13,15,18H,11-12,14H2,1-2H3,(H,21,23). The van der Waals surface area contributed by atoms with Crippen LogP contribution in [0.5, 0.6) is 0 Å². The first-order valence-corrected chi connectivity index (χ1v) is 10.6. The van der Waals surface area contributed by atoms with Crippen LogP contribution in [-0.4, -0.2) is 44.6 Å². The van der Waals surface area contributed by atoms with Gasteiger partial charge in [-0.2, -0.15) is 0 Å². The molecule has 0 radical (unpaired) electrons. The van der Waals surface area contributed by atoms with Crippen LogP contribution in [0.3, 0.4) is 0 Å². The summed E-state index contributed by atoms with van der Waals surface area (Å²) >= 11 is 0. The zero-order valence-corrected chi connectivity index (χ0v) is 15.9. The summed E-state index contributed by atoms with van der Waals surface area (Å²) < 4.78 is 23.3. The van der Waals surface area contributed by atoms with Crippen molar-refractivity contribution in [3.8, 4) is 0 Å². The van der Waals surface area contributed by atoms with Gasteiger partial charge in [-0.3, -0.25) is 9.69 Å². The van der Waals surface area contributed by atoms with Crippen LogP contribution in [0, 0.1) is 0 Å². The van der Waals surface area contributed by atoms with E-state index >= 15 is 0 Å². The Hall–Kier alpha value is -2.18. The molecular formula is C20H24N2O3S. The number of carbonyl (C=O) groups is 1. The van der Waals surface area contributed by atoms with Gasteiger partial charge in [-0.1, -0.05) is 36.4 Å². The minimum Gasteiger partial charge on any atom is -0.348 e. The number of likely N-dealkylation sites (tertiary alicyclic amines) is 1. The van der Waals surface area contributed by atoms with Crippen molar-refractivity contribution in [1.29, 1.82) is 0 Å². The lowest BCUT2D eigenvalue weighted by molar-refractivity contribution is 0.0936. The number of sulfone groups is 1. The van der Waals surface area contributed by atoms with E-state index in [0.29, 0.717) is 11.6 Å². The lowest BCUT2D eigenvalue weighted by Gasteiger charge is -2.24. The van der Waals surface area contributed by atoms with Gasteiger partial charge in [0.2, 0.25) is 0 Å². The summed E-state index contributed by atoms with van der Waals surface area (Å²) in [5.74, 6) is -0.227. The Bertz CT molecular complexity index is 881. The zero-order chi connectivity index (χ0) is 18.7. The summed E-state index contributed by atoms with van der Waals surface area (Å²) in [6.07, 6.45) is 2.03. The van der Waals surface area contributed by atoms with Crippen molar-refractivity contribution in [3.05, 3.63) is 65.7 Å². The maximum Gasteiger partial charge on any atom is 0.251 e. The Morgan fingerprint density at radius 1 is 1.15 bits per heavy atom. The monoisotopic (exact) mass is 372 g/mol. The summed E-state index contributed by atoms with van der Waals surface area (Å²) in [7, 11) is -3.32. The first kappa shape index (κ1) is 18.6. The van der Waals surface area contributed by atoms with E-state index in [2.05, 4.69) is 29.3 Å². The highest BCUT2D eigenvalue weighted by molar-refractivity contribution is 7.90. The van der Waals surface area contributed by atoms with Crippen molar-refractivity contribution >= 4 is 15.7 Å². The quantitative estimate of drug-likeness (QED) is 0.876. The van der Waals surface area contributed by atoms with Crippen LogP contribution < -0.4 is 5.32 Å². The van der Waals surface area contributed by atoms with E-state index in [9.17, 15) is 13.2 Å². The Labute approximate surface area is 154 Å². The molecule has 1 heterocycles. The third-order valence-corrected chi connectivity index (χ3v) is 6.02. The second-order valence-corrected chi connectivity index (χ2v) is 8.86. The Morgan fingerprint density at radius 3 is 2.58 bits per heavy atom. The van der Waals surface area contributed by atoms with Gasteiger partial charge in [0, 0.05) is 37.0 Å². The number of nitrogens with zero attached hydrogens (tertiary/aromatic N) is 1. The molecular weight excluding hydrogens is 348 g/mol. The van der Waals surface area contributed by atoms with E-state index in [1.165, 1.54) is 17.7 Å². The van der Waals surface area contributed by atoms with Gasteiger partial charge in [0.25, 0.3) is 5.91 Å². The number of rotatable bonds is 5. The molecule has 2 unspecified atom stereocenters. The van der Waals surface area contributed by atoms with Crippen molar-refractivity contribution in [3.63, 3.8) is 0 Å². The van der Waals surface area contributed by atoms with Crippen LogP contribution in [0.15, 0.2) is 59.5 Å². The second-order valence-electron chi connectivity index (χ2n) is 6.84.